The zero-order valence-electron chi connectivity index (χ0n) is 13.0. The Morgan fingerprint density at radius 1 is 1.41 bits per heavy atom. The molecule has 2 aromatic heterocycles. The number of carbonyl (C=O) groups is 1. The SMILES string of the molecule is CC[C@@H](C(=O)OC(C)(C)C)n1c(=O)[nH]c2cccnc2c1=O. The van der Waals surface area contributed by atoms with Gasteiger partial charge < -0.3 is 9.72 Å². The first-order valence-electron chi connectivity index (χ1n) is 7.07. The van der Waals surface area contributed by atoms with Gasteiger partial charge in [-0.2, -0.15) is 0 Å². The van der Waals surface area contributed by atoms with E-state index in [1.807, 2.05) is 0 Å². The molecule has 7 heteroatoms. The van der Waals surface area contributed by atoms with Gasteiger partial charge in [0.15, 0.2) is 5.52 Å². The molecule has 0 aliphatic rings. The summed E-state index contributed by atoms with van der Waals surface area (Å²) in [5.41, 5.74) is -1.49. The molecule has 0 saturated heterocycles. The van der Waals surface area contributed by atoms with Crippen molar-refractivity contribution in [2.24, 2.45) is 0 Å². The maximum Gasteiger partial charge on any atom is 0.329 e. The van der Waals surface area contributed by atoms with E-state index in [4.69, 9.17) is 4.74 Å². The minimum Gasteiger partial charge on any atom is -0.458 e. The summed E-state index contributed by atoms with van der Waals surface area (Å²) >= 11 is 0. The van der Waals surface area contributed by atoms with Gasteiger partial charge in [-0.15, -0.1) is 0 Å². The lowest BCUT2D eigenvalue weighted by Crippen LogP contribution is -2.43. The summed E-state index contributed by atoms with van der Waals surface area (Å²) in [4.78, 5) is 43.5. The number of hydrogen-bond donors (Lipinski definition) is 1. The molecule has 0 fully saturated rings. The van der Waals surface area contributed by atoms with Crippen molar-refractivity contribution in [2.45, 2.75) is 45.8 Å². The van der Waals surface area contributed by atoms with Crippen LogP contribution in [0.4, 0.5) is 0 Å². The van der Waals surface area contributed by atoms with Crippen LogP contribution in [-0.4, -0.2) is 26.1 Å². The summed E-state index contributed by atoms with van der Waals surface area (Å²) in [5, 5.41) is 0. The molecule has 0 unspecified atom stereocenters. The first kappa shape index (κ1) is 15.9. The third-order valence-electron chi connectivity index (χ3n) is 3.07. The maximum absolute atomic E-state index is 12.5. The van der Waals surface area contributed by atoms with E-state index in [2.05, 4.69) is 9.97 Å². The van der Waals surface area contributed by atoms with Crippen LogP contribution in [0.15, 0.2) is 27.9 Å². The van der Waals surface area contributed by atoms with Crippen molar-refractivity contribution in [2.75, 3.05) is 0 Å². The zero-order chi connectivity index (χ0) is 16.5. The van der Waals surface area contributed by atoms with Crippen LogP contribution < -0.4 is 11.2 Å². The Morgan fingerprint density at radius 2 is 2.09 bits per heavy atom. The van der Waals surface area contributed by atoms with E-state index in [0.717, 1.165) is 4.57 Å². The van der Waals surface area contributed by atoms with Crippen molar-refractivity contribution in [3.63, 3.8) is 0 Å². The summed E-state index contributed by atoms with van der Waals surface area (Å²) in [6.45, 7) is 6.90. The predicted octanol–water partition coefficient (Wildman–Crippen LogP) is 1.38. The Balaban J connectivity index is 2.59. The quantitative estimate of drug-likeness (QED) is 0.864. The van der Waals surface area contributed by atoms with Crippen LogP contribution in [0.5, 0.6) is 0 Å². The van der Waals surface area contributed by atoms with Gasteiger partial charge in [-0.05, 0) is 39.3 Å². The summed E-state index contributed by atoms with van der Waals surface area (Å²) in [5.74, 6) is -0.613. The van der Waals surface area contributed by atoms with Crippen LogP contribution in [0.2, 0.25) is 0 Å². The van der Waals surface area contributed by atoms with E-state index in [0.29, 0.717) is 5.52 Å². The Bertz CT molecular complexity index is 814. The van der Waals surface area contributed by atoms with Crippen molar-refractivity contribution in [1.82, 2.24) is 14.5 Å². The highest BCUT2D eigenvalue weighted by Crippen LogP contribution is 2.16. The molecule has 0 bridgehead atoms. The summed E-state index contributed by atoms with van der Waals surface area (Å²) in [6.07, 6.45) is 1.72. The number of pyridine rings is 1. The zero-order valence-corrected chi connectivity index (χ0v) is 13.0. The van der Waals surface area contributed by atoms with Gasteiger partial charge in [0.1, 0.15) is 11.6 Å². The van der Waals surface area contributed by atoms with E-state index in [-0.39, 0.29) is 11.9 Å². The van der Waals surface area contributed by atoms with Gasteiger partial charge in [-0.25, -0.2) is 19.1 Å². The average Bonchev–Trinajstić information content (AvgIpc) is 2.41. The van der Waals surface area contributed by atoms with Crippen LogP contribution in [-0.2, 0) is 9.53 Å². The number of aromatic nitrogens is 3. The first-order valence-corrected chi connectivity index (χ1v) is 7.07. The Hall–Kier alpha value is -2.44. The molecule has 2 heterocycles. The van der Waals surface area contributed by atoms with Crippen molar-refractivity contribution >= 4 is 17.0 Å². The van der Waals surface area contributed by atoms with Crippen LogP contribution in [0.25, 0.3) is 11.0 Å². The largest absolute Gasteiger partial charge is 0.458 e. The third kappa shape index (κ3) is 3.08. The van der Waals surface area contributed by atoms with Crippen LogP contribution in [0.3, 0.4) is 0 Å². The second-order valence-corrected chi connectivity index (χ2v) is 5.96. The third-order valence-corrected chi connectivity index (χ3v) is 3.07. The molecule has 2 aromatic rings. The summed E-state index contributed by atoms with van der Waals surface area (Å²) in [7, 11) is 0. The lowest BCUT2D eigenvalue weighted by atomic mass is 10.1. The van der Waals surface area contributed by atoms with Gasteiger partial charge in [0.2, 0.25) is 0 Å². The average molecular weight is 305 g/mol. The van der Waals surface area contributed by atoms with E-state index in [1.165, 1.54) is 6.20 Å². The molecule has 1 atom stereocenters. The lowest BCUT2D eigenvalue weighted by molar-refractivity contribution is -0.159. The number of fused-ring (bicyclic) bond motifs is 1. The predicted molar refractivity (Wildman–Crippen MR) is 81.8 cm³/mol. The van der Waals surface area contributed by atoms with E-state index >= 15 is 0 Å². The van der Waals surface area contributed by atoms with E-state index in [9.17, 15) is 14.4 Å². The van der Waals surface area contributed by atoms with Crippen molar-refractivity contribution < 1.29 is 9.53 Å². The van der Waals surface area contributed by atoms with Gasteiger partial charge in [0.05, 0.1) is 5.52 Å². The molecule has 0 aliphatic carbocycles. The fraction of sp³-hybridized carbons (Fsp3) is 0.467. The molecule has 0 saturated carbocycles. The molecule has 7 nitrogen and oxygen atoms in total. The molecule has 0 aliphatic heterocycles. The van der Waals surface area contributed by atoms with Gasteiger partial charge in [-0.3, -0.25) is 4.79 Å². The summed E-state index contributed by atoms with van der Waals surface area (Å²) < 4.78 is 6.17. The molecule has 0 amide bonds. The molecule has 0 aromatic carbocycles. The maximum atomic E-state index is 12.5. The van der Waals surface area contributed by atoms with E-state index < -0.39 is 28.9 Å². The number of nitrogens with one attached hydrogen (secondary N) is 1. The normalized spacial score (nSPS) is 13.1. The lowest BCUT2D eigenvalue weighted by Gasteiger charge is -2.24. The van der Waals surface area contributed by atoms with E-state index in [1.54, 1.807) is 39.8 Å². The Kier molecular flexibility index (Phi) is 4.16. The molecular weight excluding hydrogens is 286 g/mol. The highest BCUT2D eigenvalue weighted by atomic mass is 16.6. The van der Waals surface area contributed by atoms with Crippen LogP contribution in [0.1, 0.15) is 40.2 Å². The number of rotatable bonds is 3. The second-order valence-electron chi connectivity index (χ2n) is 5.96. The molecule has 22 heavy (non-hydrogen) atoms. The minimum atomic E-state index is -0.984. The molecule has 2 rings (SSSR count). The highest BCUT2D eigenvalue weighted by Gasteiger charge is 2.28. The first-order chi connectivity index (χ1) is 10.2. The number of carbonyl (C=O) groups excluding carboxylic acids is 1. The molecule has 1 N–H and O–H groups in total. The minimum absolute atomic E-state index is 0.115. The van der Waals surface area contributed by atoms with Crippen molar-refractivity contribution in [1.29, 1.82) is 0 Å². The second kappa shape index (κ2) is 5.75. The van der Waals surface area contributed by atoms with Crippen LogP contribution in [0, 0.1) is 0 Å². The molecule has 0 spiro atoms. The van der Waals surface area contributed by atoms with Gasteiger partial charge >= 0.3 is 11.7 Å². The fourth-order valence-electron chi connectivity index (χ4n) is 2.17. The van der Waals surface area contributed by atoms with Gasteiger partial charge in [-0.1, -0.05) is 6.92 Å². The smallest absolute Gasteiger partial charge is 0.329 e. The number of aromatic amines is 1. The number of esters is 1. The number of nitrogens with zero attached hydrogens (tertiary/aromatic N) is 2. The summed E-state index contributed by atoms with van der Waals surface area (Å²) in [6, 6.07) is 2.22. The standard InChI is InChI=1S/C15H19N3O4/c1-5-10(13(20)22-15(2,3)4)18-12(19)11-9(17-14(18)21)7-6-8-16-11/h6-8,10H,5H2,1-4H3,(H,17,21)/t10-/m0/s1. The van der Waals surface area contributed by atoms with Crippen molar-refractivity contribution in [3.8, 4) is 0 Å². The molecule has 118 valence electrons. The fourth-order valence-corrected chi connectivity index (χ4v) is 2.17. The number of H-pyrrole nitrogens is 1. The topological polar surface area (TPSA) is 94.1 Å². The Labute approximate surface area is 126 Å². The Morgan fingerprint density at radius 3 is 2.68 bits per heavy atom. The highest BCUT2D eigenvalue weighted by molar-refractivity contribution is 5.76. The van der Waals surface area contributed by atoms with Gasteiger partial charge in [0, 0.05) is 6.20 Å². The molecule has 0 radical (unpaired) electrons. The number of hydrogen-bond acceptors (Lipinski definition) is 5. The molecular formula is C15H19N3O4. The van der Waals surface area contributed by atoms with Crippen LogP contribution >= 0.6 is 0 Å². The monoisotopic (exact) mass is 305 g/mol. The number of ether oxygens (including phenoxy) is 1. The van der Waals surface area contributed by atoms with Crippen molar-refractivity contribution in [3.05, 3.63) is 39.2 Å². The van der Waals surface area contributed by atoms with Gasteiger partial charge in [0.25, 0.3) is 5.56 Å².